The monoisotopic (exact) mass is 485 g/mol. The van der Waals surface area contributed by atoms with Crippen LogP contribution in [0.4, 0.5) is 5.69 Å². The normalized spacial score (nSPS) is 19.9. The molecule has 1 atom stereocenters. The number of anilines is 1. The van der Waals surface area contributed by atoms with Crippen LogP contribution in [0.3, 0.4) is 0 Å². The highest BCUT2D eigenvalue weighted by molar-refractivity contribution is 7.89. The first-order valence-corrected chi connectivity index (χ1v) is 13.0. The zero-order chi connectivity index (χ0) is 24.3. The number of carbonyl (C=O) groups excluding carboxylic acids is 2. The van der Waals surface area contributed by atoms with E-state index in [4.69, 9.17) is 4.74 Å². The molecule has 2 heterocycles. The Hall–Kier alpha value is -2.91. The molecule has 2 aliphatic heterocycles. The van der Waals surface area contributed by atoms with Gasteiger partial charge in [-0.2, -0.15) is 4.31 Å². The third-order valence-corrected chi connectivity index (χ3v) is 8.56. The summed E-state index contributed by atoms with van der Waals surface area (Å²) in [7, 11) is -1.95. The first kappa shape index (κ1) is 24.2. The van der Waals surface area contributed by atoms with Gasteiger partial charge in [0.15, 0.2) is 0 Å². The maximum atomic E-state index is 12.9. The molecule has 8 nitrogen and oxygen atoms in total. The number of benzene rings is 2. The number of nitrogens with zero attached hydrogens (tertiary/aromatic N) is 2. The molecule has 0 aromatic heterocycles. The van der Waals surface area contributed by atoms with Crippen molar-refractivity contribution in [2.75, 3.05) is 31.6 Å². The first-order chi connectivity index (χ1) is 16.3. The summed E-state index contributed by atoms with van der Waals surface area (Å²) in [6, 6.07) is 13.8. The second kappa shape index (κ2) is 10.1. The van der Waals surface area contributed by atoms with Gasteiger partial charge in [0.2, 0.25) is 21.8 Å². The first-order valence-electron chi connectivity index (χ1n) is 11.6. The van der Waals surface area contributed by atoms with E-state index in [1.165, 1.54) is 4.31 Å². The number of piperidine rings is 1. The number of hydrogen-bond donors (Lipinski definition) is 1. The summed E-state index contributed by atoms with van der Waals surface area (Å²) in [5.41, 5.74) is 1.54. The summed E-state index contributed by atoms with van der Waals surface area (Å²) in [5.74, 6) is 0.507. The van der Waals surface area contributed by atoms with Crippen LogP contribution in [-0.4, -0.2) is 51.3 Å². The Kier molecular flexibility index (Phi) is 7.23. The van der Waals surface area contributed by atoms with Gasteiger partial charge in [0, 0.05) is 38.3 Å². The summed E-state index contributed by atoms with van der Waals surface area (Å²) in [6.45, 7) is 3.84. The van der Waals surface area contributed by atoms with Gasteiger partial charge in [-0.25, -0.2) is 8.42 Å². The number of carbonyl (C=O) groups is 2. The molecule has 0 bridgehead atoms. The molecule has 2 amide bonds. The van der Waals surface area contributed by atoms with Gasteiger partial charge in [-0.15, -0.1) is 0 Å². The van der Waals surface area contributed by atoms with E-state index in [0.717, 1.165) is 24.2 Å². The molecule has 9 heteroatoms. The predicted molar refractivity (Wildman–Crippen MR) is 129 cm³/mol. The van der Waals surface area contributed by atoms with Gasteiger partial charge in [-0.3, -0.25) is 9.59 Å². The molecule has 0 spiro atoms. The highest BCUT2D eigenvalue weighted by Gasteiger charge is 2.35. The number of ether oxygens (including phenoxy) is 1. The third-order valence-electron chi connectivity index (χ3n) is 6.65. The van der Waals surface area contributed by atoms with Gasteiger partial charge < -0.3 is 15.0 Å². The minimum Gasteiger partial charge on any atom is -0.497 e. The quantitative estimate of drug-likeness (QED) is 0.651. The Morgan fingerprint density at radius 3 is 2.32 bits per heavy atom. The van der Waals surface area contributed by atoms with Crippen LogP contribution in [0.15, 0.2) is 53.4 Å². The summed E-state index contributed by atoms with van der Waals surface area (Å²) in [6.07, 6.45) is 1.85. The molecule has 0 radical (unpaired) electrons. The molecule has 2 aliphatic rings. The van der Waals surface area contributed by atoms with Crippen LogP contribution in [0, 0.1) is 11.8 Å². The van der Waals surface area contributed by atoms with E-state index in [9.17, 15) is 18.0 Å². The average molecular weight is 486 g/mol. The average Bonchev–Trinajstić information content (AvgIpc) is 3.25. The Bertz CT molecular complexity index is 1120. The molecule has 1 N–H and O–H groups in total. The van der Waals surface area contributed by atoms with Crippen LogP contribution in [0.25, 0.3) is 0 Å². The minimum atomic E-state index is -3.54. The van der Waals surface area contributed by atoms with Crippen molar-refractivity contribution in [2.24, 2.45) is 11.8 Å². The minimum absolute atomic E-state index is 0.125. The van der Waals surface area contributed by atoms with Crippen molar-refractivity contribution in [3.63, 3.8) is 0 Å². The molecular weight excluding hydrogens is 454 g/mol. The molecular formula is C25H31N3O5S. The van der Waals surface area contributed by atoms with E-state index in [-0.39, 0.29) is 29.7 Å². The SMILES string of the molecule is COc1ccc(CNC(=O)C2CC(=O)N(c3ccc(S(=O)(=O)N4CCC(C)CC4)cc3)C2)cc1. The van der Waals surface area contributed by atoms with E-state index >= 15 is 0 Å². The lowest BCUT2D eigenvalue weighted by Crippen LogP contribution is -2.37. The number of sulfonamides is 1. The number of amides is 2. The fourth-order valence-corrected chi connectivity index (χ4v) is 5.85. The summed E-state index contributed by atoms with van der Waals surface area (Å²) >= 11 is 0. The van der Waals surface area contributed by atoms with E-state index in [2.05, 4.69) is 12.2 Å². The van der Waals surface area contributed by atoms with Crippen LogP contribution in [0.2, 0.25) is 0 Å². The molecule has 0 aliphatic carbocycles. The highest BCUT2D eigenvalue weighted by atomic mass is 32.2. The lowest BCUT2D eigenvalue weighted by Gasteiger charge is -2.29. The predicted octanol–water partition coefficient (Wildman–Crippen LogP) is 2.79. The highest BCUT2D eigenvalue weighted by Crippen LogP contribution is 2.28. The molecule has 182 valence electrons. The fraction of sp³-hybridized carbons (Fsp3) is 0.440. The van der Waals surface area contributed by atoms with Crippen molar-refractivity contribution < 1.29 is 22.7 Å². The Labute approximate surface area is 200 Å². The second-order valence-electron chi connectivity index (χ2n) is 9.05. The van der Waals surface area contributed by atoms with Crippen LogP contribution < -0.4 is 15.0 Å². The van der Waals surface area contributed by atoms with E-state index in [1.54, 1.807) is 36.3 Å². The van der Waals surface area contributed by atoms with E-state index < -0.39 is 15.9 Å². The van der Waals surface area contributed by atoms with Crippen LogP contribution >= 0.6 is 0 Å². The number of hydrogen-bond acceptors (Lipinski definition) is 5. The smallest absolute Gasteiger partial charge is 0.243 e. The van der Waals surface area contributed by atoms with Crippen LogP contribution in [-0.2, 0) is 26.2 Å². The van der Waals surface area contributed by atoms with Gasteiger partial charge in [-0.1, -0.05) is 19.1 Å². The maximum Gasteiger partial charge on any atom is 0.243 e. The van der Waals surface area contributed by atoms with Crippen molar-refractivity contribution in [2.45, 2.75) is 37.6 Å². The molecule has 34 heavy (non-hydrogen) atoms. The van der Waals surface area contributed by atoms with Gasteiger partial charge in [0.25, 0.3) is 0 Å². The largest absolute Gasteiger partial charge is 0.497 e. The standard InChI is InChI=1S/C25H31N3O5S/c1-18-11-13-27(14-12-18)34(31,32)23-9-5-21(6-10-23)28-17-20(15-24(28)29)25(30)26-16-19-3-7-22(33-2)8-4-19/h3-10,18,20H,11-17H2,1-2H3,(H,26,30). The topological polar surface area (TPSA) is 96.0 Å². The van der Waals surface area contributed by atoms with E-state index in [1.807, 2.05) is 24.3 Å². The lowest BCUT2D eigenvalue weighted by molar-refractivity contribution is -0.126. The van der Waals surface area contributed by atoms with Crippen molar-refractivity contribution in [3.05, 3.63) is 54.1 Å². The Morgan fingerprint density at radius 1 is 1.06 bits per heavy atom. The zero-order valence-corrected chi connectivity index (χ0v) is 20.4. The molecule has 0 saturated carbocycles. The summed E-state index contributed by atoms with van der Waals surface area (Å²) < 4.78 is 32.6. The summed E-state index contributed by atoms with van der Waals surface area (Å²) in [4.78, 5) is 27.0. The van der Waals surface area contributed by atoms with Gasteiger partial charge in [0.1, 0.15) is 5.75 Å². The van der Waals surface area contributed by atoms with Gasteiger partial charge in [-0.05, 0) is 60.7 Å². The van der Waals surface area contributed by atoms with Crippen LogP contribution in [0.1, 0.15) is 31.7 Å². The molecule has 1 unspecified atom stereocenters. The lowest BCUT2D eigenvalue weighted by atomic mass is 10.0. The maximum absolute atomic E-state index is 12.9. The van der Waals surface area contributed by atoms with Crippen molar-refractivity contribution in [1.82, 2.24) is 9.62 Å². The number of rotatable bonds is 7. The Morgan fingerprint density at radius 2 is 1.71 bits per heavy atom. The zero-order valence-electron chi connectivity index (χ0n) is 19.6. The fourth-order valence-electron chi connectivity index (χ4n) is 4.38. The molecule has 2 aromatic carbocycles. The molecule has 2 saturated heterocycles. The van der Waals surface area contributed by atoms with Crippen molar-refractivity contribution in [1.29, 1.82) is 0 Å². The van der Waals surface area contributed by atoms with Crippen LogP contribution in [0.5, 0.6) is 5.75 Å². The second-order valence-corrected chi connectivity index (χ2v) is 11.0. The summed E-state index contributed by atoms with van der Waals surface area (Å²) in [5, 5.41) is 2.90. The van der Waals surface area contributed by atoms with Gasteiger partial charge >= 0.3 is 0 Å². The van der Waals surface area contributed by atoms with Crippen molar-refractivity contribution >= 4 is 27.5 Å². The molecule has 2 aromatic rings. The van der Waals surface area contributed by atoms with E-state index in [0.29, 0.717) is 31.2 Å². The Balaban J connectivity index is 1.36. The van der Waals surface area contributed by atoms with Gasteiger partial charge in [0.05, 0.1) is 17.9 Å². The number of methoxy groups -OCH3 is 1. The van der Waals surface area contributed by atoms with Crippen molar-refractivity contribution in [3.8, 4) is 5.75 Å². The molecule has 2 fully saturated rings. The third kappa shape index (κ3) is 5.26. The molecule has 4 rings (SSSR count). The number of nitrogens with one attached hydrogen (secondary N) is 1.